The summed E-state index contributed by atoms with van der Waals surface area (Å²) in [4.78, 5) is 39.0. The van der Waals surface area contributed by atoms with Crippen LogP contribution >= 0.6 is 0 Å². The number of aromatic nitrogens is 1. The number of nitrogens with one attached hydrogen (secondary N) is 2. The highest BCUT2D eigenvalue weighted by molar-refractivity contribution is 6.43. The molecule has 0 saturated heterocycles. The van der Waals surface area contributed by atoms with Crippen molar-refractivity contribution in [3.05, 3.63) is 87.5 Å². The lowest BCUT2D eigenvalue weighted by Gasteiger charge is -2.17. The quantitative estimate of drug-likeness (QED) is 0.399. The number of halogens is 1. The molecule has 34 heavy (non-hydrogen) atoms. The number of aryl methyl sites for hydroxylation is 1. The monoisotopic (exact) mass is 463 g/mol. The van der Waals surface area contributed by atoms with E-state index in [9.17, 15) is 23.9 Å². The third-order valence-electron chi connectivity index (χ3n) is 6.49. The normalized spacial score (nSPS) is 16.8. The summed E-state index contributed by atoms with van der Waals surface area (Å²) in [5.74, 6) is -2.49. The first kappa shape index (κ1) is 23.4. The molecule has 3 N–H and O–H groups in total. The maximum atomic E-state index is 13.6. The van der Waals surface area contributed by atoms with E-state index in [1.807, 2.05) is 24.3 Å². The molecule has 8 heteroatoms. The van der Waals surface area contributed by atoms with Crippen molar-refractivity contribution in [3.63, 3.8) is 0 Å². The van der Waals surface area contributed by atoms with Gasteiger partial charge in [-0.1, -0.05) is 24.3 Å². The van der Waals surface area contributed by atoms with E-state index < -0.39 is 29.7 Å². The van der Waals surface area contributed by atoms with Crippen LogP contribution in [-0.4, -0.2) is 33.4 Å². The van der Waals surface area contributed by atoms with E-state index >= 15 is 0 Å². The third-order valence-corrected chi connectivity index (χ3v) is 6.49. The molecule has 176 valence electrons. The second-order valence-electron chi connectivity index (χ2n) is 8.66. The third kappa shape index (κ3) is 4.01. The fraction of sp³-hybridized carbons (Fsp3) is 0.269. The molecule has 4 rings (SSSR count). The van der Waals surface area contributed by atoms with E-state index in [1.165, 1.54) is 22.8 Å². The van der Waals surface area contributed by atoms with Gasteiger partial charge in [-0.15, -0.1) is 0 Å². The number of nitrogens with zero attached hydrogens (tertiary/aromatic N) is 1. The van der Waals surface area contributed by atoms with Gasteiger partial charge < -0.3 is 20.3 Å². The number of hydrogen-bond donors (Lipinski definition) is 3. The fourth-order valence-corrected chi connectivity index (χ4v) is 4.61. The lowest BCUT2D eigenvalue weighted by molar-refractivity contribution is -0.118. The zero-order valence-electron chi connectivity index (χ0n) is 19.4. The number of carbonyl (C=O) groups is 3. The lowest BCUT2D eigenvalue weighted by Crippen LogP contribution is -2.39. The number of aliphatic hydroxyl groups is 1. The summed E-state index contributed by atoms with van der Waals surface area (Å²) in [5, 5.41) is 15.8. The molecule has 0 aliphatic heterocycles. The van der Waals surface area contributed by atoms with Gasteiger partial charge in [-0.3, -0.25) is 14.4 Å². The summed E-state index contributed by atoms with van der Waals surface area (Å²) in [7, 11) is 1.61. The zero-order valence-corrected chi connectivity index (χ0v) is 19.4. The zero-order chi connectivity index (χ0) is 24.7. The number of fused-ring (bicyclic) bond motifs is 1. The van der Waals surface area contributed by atoms with Gasteiger partial charge in [-0.05, 0) is 61.2 Å². The Morgan fingerprint density at radius 1 is 1.09 bits per heavy atom. The van der Waals surface area contributed by atoms with Crippen LogP contribution in [0, 0.1) is 26.6 Å². The topological polar surface area (TPSA) is 100 Å². The molecule has 2 aromatic carbocycles. The van der Waals surface area contributed by atoms with E-state index in [0.717, 1.165) is 11.1 Å². The average Bonchev–Trinajstić information content (AvgIpc) is 3.22. The minimum Gasteiger partial charge on any atom is -0.390 e. The fourth-order valence-electron chi connectivity index (χ4n) is 4.61. The van der Waals surface area contributed by atoms with E-state index in [0.29, 0.717) is 28.9 Å². The van der Waals surface area contributed by atoms with Gasteiger partial charge in [0, 0.05) is 24.8 Å². The molecule has 0 unspecified atom stereocenters. The number of ketones is 1. The summed E-state index contributed by atoms with van der Waals surface area (Å²) in [5.41, 5.74) is 3.76. The van der Waals surface area contributed by atoms with Crippen LogP contribution in [0.25, 0.3) is 0 Å². The van der Waals surface area contributed by atoms with Crippen LogP contribution in [0.1, 0.15) is 54.8 Å². The second-order valence-corrected chi connectivity index (χ2v) is 8.66. The Morgan fingerprint density at radius 2 is 1.79 bits per heavy atom. The summed E-state index contributed by atoms with van der Waals surface area (Å²) in [6.45, 7) is 4.89. The highest BCUT2D eigenvalue weighted by Crippen LogP contribution is 2.31. The number of hydrogen-bond acceptors (Lipinski definition) is 4. The molecule has 0 radical (unpaired) electrons. The molecule has 3 aromatic rings. The maximum absolute atomic E-state index is 13.6. The number of benzene rings is 2. The summed E-state index contributed by atoms with van der Waals surface area (Å²) >= 11 is 0. The lowest BCUT2D eigenvalue weighted by atomic mass is 10.1. The molecule has 0 bridgehead atoms. The second kappa shape index (κ2) is 8.87. The largest absolute Gasteiger partial charge is 0.390 e. The predicted molar refractivity (Wildman–Crippen MR) is 125 cm³/mol. The van der Waals surface area contributed by atoms with Gasteiger partial charge in [0.25, 0.3) is 17.6 Å². The molecule has 7 nitrogen and oxygen atoms in total. The Hall–Kier alpha value is -3.78. The minimum absolute atomic E-state index is 0.0937. The molecule has 0 saturated carbocycles. The van der Waals surface area contributed by atoms with Gasteiger partial charge in [-0.25, -0.2) is 4.39 Å². The van der Waals surface area contributed by atoms with E-state index in [4.69, 9.17) is 0 Å². The number of anilines is 1. The first-order valence-corrected chi connectivity index (χ1v) is 10.9. The molecule has 2 amide bonds. The summed E-state index contributed by atoms with van der Waals surface area (Å²) in [6.07, 6.45) is -0.434. The van der Waals surface area contributed by atoms with Crippen LogP contribution in [0.4, 0.5) is 10.1 Å². The van der Waals surface area contributed by atoms with Gasteiger partial charge in [0.15, 0.2) is 0 Å². The minimum atomic E-state index is -0.856. The smallest absolute Gasteiger partial charge is 0.294 e. The van der Waals surface area contributed by atoms with Crippen LogP contribution in [0.2, 0.25) is 0 Å². The Balaban J connectivity index is 1.58. The van der Waals surface area contributed by atoms with Crippen molar-refractivity contribution >= 4 is 23.3 Å². The highest BCUT2D eigenvalue weighted by atomic mass is 19.1. The Bertz CT molecular complexity index is 1330. The average molecular weight is 464 g/mol. The van der Waals surface area contributed by atoms with Crippen molar-refractivity contribution in [2.45, 2.75) is 39.3 Å². The van der Waals surface area contributed by atoms with Crippen LogP contribution in [0.3, 0.4) is 0 Å². The van der Waals surface area contributed by atoms with Crippen molar-refractivity contribution in [1.29, 1.82) is 0 Å². The Morgan fingerprint density at radius 3 is 2.50 bits per heavy atom. The highest BCUT2D eigenvalue weighted by Gasteiger charge is 2.35. The van der Waals surface area contributed by atoms with Gasteiger partial charge >= 0.3 is 0 Å². The van der Waals surface area contributed by atoms with Gasteiger partial charge in [0.05, 0.1) is 23.4 Å². The van der Waals surface area contributed by atoms with Crippen LogP contribution < -0.4 is 10.6 Å². The molecule has 0 fully saturated rings. The van der Waals surface area contributed by atoms with E-state index in [2.05, 4.69) is 10.6 Å². The number of carbonyl (C=O) groups excluding carboxylic acids is 3. The first-order valence-electron chi connectivity index (χ1n) is 10.9. The number of Topliss-reactive ketones (excluding diaryl/α,β-unsaturated/α-hetero) is 1. The molecule has 2 atom stereocenters. The van der Waals surface area contributed by atoms with Crippen molar-refractivity contribution in [3.8, 4) is 0 Å². The van der Waals surface area contributed by atoms with Crippen molar-refractivity contribution in [2.75, 3.05) is 5.32 Å². The van der Waals surface area contributed by atoms with Gasteiger partial charge in [0.1, 0.15) is 5.82 Å². The molecule has 1 aliphatic carbocycles. The molecular weight excluding hydrogens is 437 g/mol. The number of aliphatic hydroxyl groups excluding tert-OH is 1. The van der Waals surface area contributed by atoms with E-state index in [1.54, 1.807) is 27.8 Å². The van der Waals surface area contributed by atoms with Gasteiger partial charge in [0.2, 0.25) is 0 Å². The number of rotatable bonds is 5. The number of amides is 2. The van der Waals surface area contributed by atoms with Crippen molar-refractivity contribution < 1.29 is 23.9 Å². The van der Waals surface area contributed by atoms with Crippen molar-refractivity contribution in [2.24, 2.45) is 7.05 Å². The van der Waals surface area contributed by atoms with E-state index in [-0.39, 0.29) is 17.1 Å². The molecule has 1 heterocycles. The predicted octanol–water partition coefficient (Wildman–Crippen LogP) is 3.30. The van der Waals surface area contributed by atoms with Crippen LogP contribution in [-0.2, 0) is 18.3 Å². The SMILES string of the molecule is Cc1cc(NC(=O)c2c(C)c(C(=O)C(=O)N[C@@H]3c4ccccc4C[C@@H]3O)n(C)c2C)ccc1F. The first-order chi connectivity index (χ1) is 16.1. The van der Waals surface area contributed by atoms with Crippen molar-refractivity contribution in [1.82, 2.24) is 9.88 Å². The Kier molecular flexibility index (Phi) is 6.10. The molecule has 1 aliphatic rings. The van der Waals surface area contributed by atoms with Crippen LogP contribution in [0.5, 0.6) is 0 Å². The van der Waals surface area contributed by atoms with Crippen LogP contribution in [0.15, 0.2) is 42.5 Å². The molecular formula is C26H26FN3O4. The summed E-state index contributed by atoms with van der Waals surface area (Å²) < 4.78 is 15.1. The summed E-state index contributed by atoms with van der Waals surface area (Å²) in [6, 6.07) is 10.9. The molecule has 0 spiro atoms. The maximum Gasteiger partial charge on any atom is 0.294 e. The standard InChI is InChI=1S/C26H26FN3O4/c1-13-11-17(9-10-19(13)27)28-25(33)21-14(2)23(30(4)15(21)3)24(32)26(34)29-22-18-8-6-5-7-16(18)12-20(22)31/h5-11,20,22,31H,12H2,1-4H3,(H,28,33)(H,29,34)/t20-,22+/m0/s1. The van der Waals surface area contributed by atoms with Gasteiger partial charge in [-0.2, -0.15) is 0 Å². The Labute approximate surface area is 196 Å². The molecule has 1 aromatic heterocycles.